The molecule has 4 fully saturated rings. The Bertz CT molecular complexity index is 1380. The number of carbonyl (C=O) groups excluding carboxylic acids is 5. The van der Waals surface area contributed by atoms with Crippen molar-refractivity contribution in [2.24, 2.45) is 39.7 Å². The number of hydrogen-bond acceptors (Lipinski definition) is 7. The number of nitrogens with one attached hydrogen (secondary N) is 3. The number of fused-ring (bicyclic) bond motifs is 1. The summed E-state index contributed by atoms with van der Waals surface area (Å²) in [5.41, 5.74) is 3.85. The standard InChI is InChI=1S/C32H55N7O7S/c1-30(2,3)21(17-38-14-13-37(9)47(38,45)46)35-29(44)36-25(31(4,5)6)28(43)39-16-19-22(32(19,7)8)23(39)27(42)34-20(24(40)26(33)41)15-18-11-10-12-18/h18-23,25H,10-17H2,1-9H3,(H2,33,41)(H,34,42)(H2,35,36,44)/t19-,20?,21+,22-,23?,25+/m0/s1. The van der Waals surface area contributed by atoms with Gasteiger partial charge in [-0.05, 0) is 40.4 Å². The Morgan fingerprint density at radius 2 is 1.55 bits per heavy atom. The quantitative estimate of drug-likeness (QED) is 0.232. The molecule has 2 heterocycles. The van der Waals surface area contributed by atoms with Gasteiger partial charge in [0.2, 0.25) is 17.6 Å². The fourth-order valence-corrected chi connectivity index (χ4v) is 8.64. The molecule has 2 aliphatic heterocycles. The van der Waals surface area contributed by atoms with Crippen molar-refractivity contribution in [3.63, 3.8) is 0 Å². The highest BCUT2D eigenvalue weighted by atomic mass is 32.2. The average Bonchev–Trinajstić information content (AvgIpc) is 3.18. The molecule has 0 aromatic rings. The lowest BCUT2D eigenvalue weighted by Crippen LogP contribution is -2.62. The predicted molar refractivity (Wildman–Crippen MR) is 176 cm³/mol. The molecule has 47 heavy (non-hydrogen) atoms. The lowest BCUT2D eigenvalue weighted by Gasteiger charge is -2.39. The van der Waals surface area contributed by atoms with E-state index in [1.165, 1.54) is 20.6 Å². The first-order chi connectivity index (χ1) is 21.5. The molecule has 0 aromatic carbocycles. The maximum absolute atomic E-state index is 14.3. The smallest absolute Gasteiger partial charge is 0.315 e. The van der Waals surface area contributed by atoms with E-state index < -0.39 is 74.7 Å². The number of amides is 5. The zero-order valence-electron chi connectivity index (χ0n) is 29.4. The number of likely N-dealkylation sites (tertiary alicyclic amines) is 1. The van der Waals surface area contributed by atoms with Gasteiger partial charge < -0.3 is 26.6 Å². The number of primary amides is 1. The fourth-order valence-electron chi connectivity index (χ4n) is 7.29. The molecule has 2 saturated carbocycles. The van der Waals surface area contributed by atoms with Crippen molar-refractivity contribution in [3.8, 4) is 0 Å². The number of hydrogen-bond donors (Lipinski definition) is 4. The van der Waals surface area contributed by atoms with Crippen LogP contribution >= 0.6 is 0 Å². The van der Waals surface area contributed by atoms with Gasteiger partial charge in [0.25, 0.3) is 16.1 Å². The molecule has 5 N–H and O–H groups in total. The Morgan fingerprint density at radius 1 is 0.936 bits per heavy atom. The summed E-state index contributed by atoms with van der Waals surface area (Å²) < 4.78 is 28.1. The van der Waals surface area contributed by atoms with E-state index in [1.54, 1.807) is 0 Å². The maximum atomic E-state index is 14.3. The third-order valence-electron chi connectivity index (χ3n) is 10.9. The fraction of sp³-hybridized carbons (Fsp3) is 0.844. The van der Waals surface area contributed by atoms with Gasteiger partial charge >= 0.3 is 6.03 Å². The van der Waals surface area contributed by atoms with Crippen LogP contribution in [0.25, 0.3) is 0 Å². The van der Waals surface area contributed by atoms with Crippen molar-refractivity contribution in [1.82, 2.24) is 29.5 Å². The summed E-state index contributed by atoms with van der Waals surface area (Å²) in [6.45, 7) is 16.3. The SMILES string of the molecule is CN1CCN(C[C@@H](NC(=O)N[C@H](C(=O)N2C[C@H]3[C@@H](C2C(=O)NC(CC2CCC2)C(=O)C(N)=O)C3(C)C)C(C)(C)C)C(C)(C)C)S1(=O)=O. The van der Waals surface area contributed by atoms with Crippen molar-refractivity contribution >= 4 is 39.7 Å². The second-order valence-electron chi connectivity index (χ2n) is 16.7. The van der Waals surface area contributed by atoms with Gasteiger partial charge in [0.05, 0.1) is 6.04 Å². The molecule has 266 valence electrons. The second kappa shape index (κ2) is 12.9. The largest absolute Gasteiger partial charge is 0.363 e. The molecule has 15 heteroatoms. The first-order valence-corrected chi connectivity index (χ1v) is 18.1. The highest BCUT2D eigenvalue weighted by Crippen LogP contribution is 2.65. The van der Waals surface area contributed by atoms with Crippen LogP contribution in [0.1, 0.15) is 81.1 Å². The van der Waals surface area contributed by atoms with Crippen LogP contribution in [-0.4, -0.2) is 109 Å². The summed E-state index contributed by atoms with van der Waals surface area (Å²) in [7, 11) is -2.11. The molecule has 2 aliphatic carbocycles. The summed E-state index contributed by atoms with van der Waals surface area (Å²) in [6, 6.07) is -4.17. The number of likely N-dealkylation sites (N-methyl/N-ethyl adjacent to an activating group) is 1. The van der Waals surface area contributed by atoms with Gasteiger partial charge in [-0.3, -0.25) is 19.2 Å². The zero-order chi connectivity index (χ0) is 35.4. The summed E-state index contributed by atoms with van der Waals surface area (Å²) in [5, 5.41) is 8.55. The highest BCUT2D eigenvalue weighted by molar-refractivity contribution is 7.87. The first-order valence-electron chi connectivity index (χ1n) is 16.7. The Morgan fingerprint density at radius 3 is 2.02 bits per heavy atom. The van der Waals surface area contributed by atoms with Crippen LogP contribution < -0.4 is 21.7 Å². The second-order valence-corrected chi connectivity index (χ2v) is 18.8. The first kappa shape index (κ1) is 37.0. The number of carbonyl (C=O) groups is 5. The molecular weight excluding hydrogens is 626 g/mol. The zero-order valence-corrected chi connectivity index (χ0v) is 30.2. The summed E-state index contributed by atoms with van der Waals surface area (Å²) in [6.07, 6.45) is 3.17. The molecule has 0 aromatic heterocycles. The number of rotatable bonds is 11. The molecule has 14 nitrogen and oxygen atoms in total. The molecule has 0 spiro atoms. The third-order valence-corrected chi connectivity index (χ3v) is 12.9. The molecule has 0 radical (unpaired) electrons. The molecule has 5 amide bonds. The molecular formula is C32H55N7O7S. The normalized spacial score (nSPS) is 27.6. The monoisotopic (exact) mass is 681 g/mol. The summed E-state index contributed by atoms with van der Waals surface area (Å²) in [4.78, 5) is 67.9. The summed E-state index contributed by atoms with van der Waals surface area (Å²) >= 11 is 0. The number of piperidine rings is 1. The lowest BCUT2D eigenvalue weighted by molar-refractivity contribution is -0.145. The predicted octanol–water partition coefficient (Wildman–Crippen LogP) is 0.820. The minimum absolute atomic E-state index is 0.0550. The van der Waals surface area contributed by atoms with Gasteiger partial charge in [0, 0.05) is 39.3 Å². The number of urea groups is 1. The number of ketones is 1. The minimum Gasteiger partial charge on any atom is -0.363 e. The van der Waals surface area contributed by atoms with Crippen LogP contribution in [0.15, 0.2) is 0 Å². The van der Waals surface area contributed by atoms with Gasteiger partial charge in [0.15, 0.2) is 0 Å². The van der Waals surface area contributed by atoms with Gasteiger partial charge in [-0.2, -0.15) is 17.0 Å². The Hall–Kier alpha value is -2.78. The highest BCUT2D eigenvalue weighted by Gasteiger charge is 2.70. The van der Waals surface area contributed by atoms with E-state index >= 15 is 0 Å². The molecule has 0 bridgehead atoms. The van der Waals surface area contributed by atoms with E-state index in [4.69, 9.17) is 5.73 Å². The van der Waals surface area contributed by atoms with Gasteiger partial charge in [-0.1, -0.05) is 74.7 Å². The number of nitrogens with two attached hydrogens (primary N) is 1. The van der Waals surface area contributed by atoms with Crippen LogP contribution in [0.5, 0.6) is 0 Å². The minimum atomic E-state index is -3.63. The van der Waals surface area contributed by atoms with Gasteiger partial charge in [-0.15, -0.1) is 0 Å². The van der Waals surface area contributed by atoms with E-state index in [0.717, 1.165) is 19.3 Å². The van der Waals surface area contributed by atoms with E-state index in [0.29, 0.717) is 26.1 Å². The van der Waals surface area contributed by atoms with E-state index in [-0.39, 0.29) is 29.7 Å². The van der Waals surface area contributed by atoms with Crippen LogP contribution in [-0.2, 0) is 29.4 Å². The lowest BCUT2D eigenvalue weighted by atomic mass is 9.80. The van der Waals surface area contributed by atoms with Crippen molar-refractivity contribution in [2.45, 2.75) is 105 Å². The van der Waals surface area contributed by atoms with Gasteiger partial charge in [-0.25, -0.2) is 4.79 Å². The van der Waals surface area contributed by atoms with Crippen LogP contribution in [0.3, 0.4) is 0 Å². The van der Waals surface area contributed by atoms with Crippen LogP contribution in [0, 0.1) is 34.0 Å². The Balaban J connectivity index is 1.52. The third kappa shape index (κ3) is 7.61. The number of Topliss-reactive ketones (excluding diaryl/α,β-unsaturated/α-hetero) is 1. The van der Waals surface area contributed by atoms with E-state index in [9.17, 15) is 32.4 Å². The van der Waals surface area contributed by atoms with E-state index in [1.807, 2.05) is 55.4 Å². The molecule has 4 aliphatic rings. The average molecular weight is 682 g/mol. The summed E-state index contributed by atoms with van der Waals surface area (Å²) in [5.74, 6) is -2.77. The van der Waals surface area contributed by atoms with Gasteiger partial charge in [0.1, 0.15) is 12.1 Å². The van der Waals surface area contributed by atoms with Crippen LogP contribution in [0.4, 0.5) is 4.79 Å². The van der Waals surface area contributed by atoms with Crippen molar-refractivity contribution in [1.29, 1.82) is 0 Å². The maximum Gasteiger partial charge on any atom is 0.315 e. The molecule has 6 atom stereocenters. The van der Waals surface area contributed by atoms with Crippen molar-refractivity contribution in [2.75, 3.05) is 33.2 Å². The van der Waals surface area contributed by atoms with Crippen molar-refractivity contribution in [3.05, 3.63) is 0 Å². The topological polar surface area (TPSA) is 191 Å². The molecule has 4 rings (SSSR count). The van der Waals surface area contributed by atoms with Crippen molar-refractivity contribution < 1.29 is 32.4 Å². The van der Waals surface area contributed by atoms with Crippen LogP contribution in [0.2, 0.25) is 0 Å². The van der Waals surface area contributed by atoms with E-state index in [2.05, 4.69) is 16.0 Å². The number of nitrogens with zero attached hydrogens (tertiary/aromatic N) is 3. The Kier molecular flexibility index (Phi) is 10.2. The molecule has 2 unspecified atom stereocenters. The molecule has 2 saturated heterocycles. The Labute approximate surface area is 279 Å².